The number of ether oxygens (including phenoxy) is 1. The first-order chi connectivity index (χ1) is 12.3. The van der Waals surface area contributed by atoms with E-state index in [1.807, 2.05) is 0 Å². The van der Waals surface area contributed by atoms with Crippen LogP contribution in [0.1, 0.15) is 17.8 Å². The summed E-state index contributed by atoms with van der Waals surface area (Å²) < 4.78 is 31.7. The third kappa shape index (κ3) is 6.22. The van der Waals surface area contributed by atoms with Crippen molar-refractivity contribution >= 4 is 21.9 Å². The quantitative estimate of drug-likeness (QED) is 0.127. The lowest BCUT2D eigenvalue weighted by atomic mass is 10.2. The normalized spacial score (nSPS) is 19.2. The smallest absolute Gasteiger partial charge is 0.391 e. The molecule has 1 fully saturated rings. The number of carbonyl (C=O) groups is 1. The van der Waals surface area contributed by atoms with Crippen molar-refractivity contribution in [2.45, 2.75) is 18.3 Å². The lowest BCUT2D eigenvalue weighted by Gasteiger charge is -2.22. The highest BCUT2D eigenvalue weighted by Crippen LogP contribution is 2.54. The third-order valence-electron chi connectivity index (χ3n) is 3.30. The molecule has 0 bridgehead atoms. The van der Waals surface area contributed by atoms with Crippen LogP contribution in [-0.2, 0) is 23.2 Å². The van der Waals surface area contributed by atoms with Gasteiger partial charge < -0.3 is 25.6 Å². The Labute approximate surface area is 149 Å². The molecule has 1 aliphatic heterocycles. The van der Waals surface area contributed by atoms with E-state index in [0.29, 0.717) is 5.75 Å². The fraction of sp³-hybridized carbons (Fsp3) is 0.417. The number of aliphatic hydroxyl groups is 1. The van der Waals surface area contributed by atoms with E-state index < -0.39 is 40.0 Å². The van der Waals surface area contributed by atoms with Crippen LogP contribution >= 0.6 is 16.0 Å². The minimum atomic E-state index is -4.04. The second-order valence-corrected chi connectivity index (χ2v) is 8.61. The van der Waals surface area contributed by atoms with Crippen molar-refractivity contribution in [3.05, 3.63) is 29.8 Å². The van der Waals surface area contributed by atoms with Gasteiger partial charge in [0.1, 0.15) is 11.8 Å². The van der Waals surface area contributed by atoms with Crippen LogP contribution in [0.15, 0.2) is 24.3 Å². The summed E-state index contributed by atoms with van der Waals surface area (Å²) in [4.78, 5) is 20.6. The van der Waals surface area contributed by atoms with Crippen molar-refractivity contribution in [2.24, 2.45) is 5.73 Å². The average molecular weight is 411 g/mol. The summed E-state index contributed by atoms with van der Waals surface area (Å²) in [5, 5.41) is 18.8. The molecule has 0 aliphatic carbocycles. The molecule has 12 nitrogen and oxygen atoms in total. The second kappa shape index (κ2) is 9.67. The number of rotatable bonds is 11. The largest absolute Gasteiger partial charge is 0.480 e. The number of nitrogens with two attached hydrogens (primary N) is 1. The summed E-state index contributed by atoms with van der Waals surface area (Å²) in [6.07, 6.45) is -0.637. The summed E-state index contributed by atoms with van der Waals surface area (Å²) in [7, 11) is -5.50. The maximum Gasteiger partial charge on any atom is 0.391 e. The zero-order valence-corrected chi connectivity index (χ0v) is 15.1. The van der Waals surface area contributed by atoms with Gasteiger partial charge in [-0.15, -0.1) is 0 Å². The van der Waals surface area contributed by atoms with Crippen molar-refractivity contribution in [3.63, 3.8) is 0 Å². The molecule has 1 aromatic carbocycles. The van der Waals surface area contributed by atoms with Crippen LogP contribution in [0.3, 0.4) is 0 Å². The molecule has 1 heterocycles. The van der Waals surface area contributed by atoms with Crippen LogP contribution in [0, 0.1) is 0 Å². The lowest BCUT2D eigenvalue weighted by Crippen LogP contribution is -2.31. The molecular formula is C12H19N3O9P2. The molecule has 3 atom stereocenters. The van der Waals surface area contributed by atoms with E-state index in [1.165, 1.54) is 24.3 Å². The highest BCUT2D eigenvalue weighted by molar-refractivity contribution is 7.58. The summed E-state index contributed by atoms with van der Waals surface area (Å²) in [5.74, 6) is -2.51. The number of nitrogens with one attached hydrogen (secondary N) is 2. The highest BCUT2D eigenvalue weighted by Gasteiger charge is 2.31. The van der Waals surface area contributed by atoms with Gasteiger partial charge in [-0.1, -0.05) is 17.8 Å². The Balaban J connectivity index is 1.81. The van der Waals surface area contributed by atoms with Gasteiger partial charge in [0.05, 0.1) is 0 Å². The molecule has 2 rings (SSSR count). The molecule has 0 amide bonds. The predicted molar refractivity (Wildman–Crippen MR) is 88.3 cm³/mol. The van der Waals surface area contributed by atoms with E-state index in [0.717, 1.165) is 0 Å². The minimum Gasteiger partial charge on any atom is -0.480 e. The van der Waals surface area contributed by atoms with Gasteiger partial charge in [-0.2, -0.15) is 14.7 Å². The lowest BCUT2D eigenvalue weighted by molar-refractivity contribution is -0.139. The Morgan fingerprint density at radius 3 is 2.58 bits per heavy atom. The van der Waals surface area contributed by atoms with E-state index in [1.54, 1.807) is 0 Å². The number of benzene rings is 1. The Morgan fingerprint density at radius 2 is 2.04 bits per heavy atom. The van der Waals surface area contributed by atoms with Gasteiger partial charge in [-0.3, -0.25) is 9.36 Å². The van der Waals surface area contributed by atoms with Crippen molar-refractivity contribution in [2.75, 3.05) is 12.9 Å². The van der Waals surface area contributed by atoms with Crippen LogP contribution in [-0.4, -0.2) is 40.0 Å². The number of hydrogen-bond acceptors (Lipinski definition) is 10. The van der Waals surface area contributed by atoms with Crippen LogP contribution in [0.5, 0.6) is 5.75 Å². The Hall–Kier alpha value is -1.17. The third-order valence-corrected chi connectivity index (χ3v) is 5.99. The molecule has 1 aliphatic rings. The van der Waals surface area contributed by atoms with Crippen molar-refractivity contribution in [3.8, 4) is 5.75 Å². The van der Waals surface area contributed by atoms with E-state index in [9.17, 15) is 19.4 Å². The van der Waals surface area contributed by atoms with Crippen LogP contribution in [0.4, 0.5) is 0 Å². The minimum absolute atomic E-state index is 0.0149. The molecule has 146 valence electrons. The first-order valence-corrected chi connectivity index (χ1v) is 10.3. The fourth-order valence-electron chi connectivity index (χ4n) is 1.84. The second-order valence-electron chi connectivity index (χ2n) is 5.17. The van der Waals surface area contributed by atoms with E-state index in [-0.39, 0.29) is 18.7 Å². The van der Waals surface area contributed by atoms with Crippen LogP contribution in [0.2, 0.25) is 0 Å². The molecule has 0 aromatic heterocycles. The standard InChI is InChI=1S/C12H19N3O9P2/c13-10(11(16)17)5-6-26(19,20)12(18)8-1-3-9(4-2-8)21-7-14-22-25-23-15-24-25/h1-4,10,12,14-15,18H,5-7,13H2,(H,16,17)(H,19,20)/t10-,12?/m0/s1. The van der Waals surface area contributed by atoms with Gasteiger partial charge in [0.25, 0.3) is 0 Å². The molecule has 14 heteroatoms. The highest BCUT2D eigenvalue weighted by atomic mass is 31.2. The Morgan fingerprint density at radius 1 is 1.38 bits per heavy atom. The number of carboxylic acid groups (broad SMARTS) is 1. The molecule has 1 aromatic rings. The summed E-state index contributed by atoms with van der Waals surface area (Å²) in [6.45, 7) is -0.0149. The topological polar surface area (TPSA) is 182 Å². The summed E-state index contributed by atoms with van der Waals surface area (Å²) in [5.41, 5.74) is 10.0. The molecular weight excluding hydrogens is 392 g/mol. The monoisotopic (exact) mass is 411 g/mol. The Bertz CT molecular complexity index is 643. The van der Waals surface area contributed by atoms with Gasteiger partial charge in [0.2, 0.25) is 7.37 Å². The maximum absolute atomic E-state index is 12.2. The zero-order chi connectivity index (χ0) is 19.2. The molecule has 0 radical (unpaired) electrons. The fourth-order valence-corrected chi connectivity index (χ4v) is 3.73. The van der Waals surface area contributed by atoms with E-state index in [4.69, 9.17) is 20.2 Å². The van der Waals surface area contributed by atoms with Crippen molar-refractivity contribution in [1.82, 2.24) is 11.1 Å². The van der Waals surface area contributed by atoms with Gasteiger partial charge in [0.15, 0.2) is 12.6 Å². The van der Waals surface area contributed by atoms with Crippen LogP contribution < -0.4 is 21.6 Å². The molecule has 26 heavy (non-hydrogen) atoms. The number of carboxylic acids is 1. The average Bonchev–Trinajstić information content (AvgIpc) is 2.57. The van der Waals surface area contributed by atoms with Crippen LogP contribution in [0.25, 0.3) is 0 Å². The molecule has 0 spiro atoms. The van der Waals surface area contributed by atoms with E-state index >= 15 is 0 Å². The molecule has 7 N–H and O–H groups in total. The van der Waals surface area contributed by atoms with Crippen molar-refractivity contribution < 1.29 is 43.1 Å². The number of aliphatic carboxylic acids is 1. The van der Waals surface area contributed by atoms with Gasteiger partial charge >= 0.3 is 14.6 Å². The Kier molecular flexibility index (Phi) is 7.86. The predicted octanol–water partition coefficient (Wildman–Crippen LogP) is 0.301. The summed E-state index contributed by atoms with van der Waals surface area (Å²) in [6, 6.07) is 4.57. The number of hydrogen-bond donors (Lipinski definition) is 6. The summed E-state index contributed by atoms with van der Waals surface area (Å²) >= 11 is 0. The SMILES string of the molecule is N[C@@H](CCP(=O)(O)C(O)c1ccc(OCNOP2ONO2)cc1)C(=O)O. The first-order valence-electron chi connectivity index (χ1n) is 7.29. The number of hydroxylamine groups is 1. The first kappa shape index (κ1) is 21.1. The molecule has 1 saturated heterocycles. The van der Waals surface area contributed by atoms with Gasteiger partial charge in [-0.05, 0) is 24.1 Å². The maximum atomic E-state index is 12.2. The zero-order valence-electron chi connectivity index (χ0n) is 13.3. The van der Waals surface area contributed by atoms with E-state index in [2.05, 4.69) is 20.4 Å². The van der Waals surface area contributed by atoms with Crippen molar-refractivity contribution in [1.29, 1.82) is 0 Å². The molecule has 0 saturated carbocycles. The molecule has 2 unspecified atom stereocenters. The van der Waals surface area contributed by atoms with Gasteiger partial charge in [0, 0.05) is 6.16 Å². The van der Waals surface area contributed by atoms with Gasteiger partial charge in [-0.25, -0.2) is 4.62 Å². The number of aliphatic hydroxyl groups excluding tert-OH is 1.